The summed E-state index contributed by atoms with van der Waals surface area (Å²) in [5, 5.41) is 0. The summed E-state index contributed by atoms with van der Waals surface area (Å²) in [5.41, 5.74) is 0. The first kappa shape index (κ1) is 8.45. The number of epoxide rings is 1. The molecule has 2 nitrogen and oxygen atoms in total. The second kappa shape index (κ2) is 3.71. The lowest BCUT2D eigenvalue weighted by atomic mass is 9.96. The maximum atomic E-state index is 12.7. The van der Waals surface area contributed by atoms with Crippen molar-refractivity contribution in [3.8, 4) is 0 Å². The summed E-state index contributed by atoms with van der Waals surface area (Å²) in [5.74, 6) is 0. The van der Waals surface area contributed by atoms with Crippen LogP contribution in [0.1, 0.15) is 25.7 Å². The van der Waals surface area contributed by atoms with Gasteiger partial charge < -0.3 is 9.47 Å². The Kier molecular flexibility index (Phi) is 2.61. The van der Waals surface area contributed by atoms with Crippen molar-refractivity contribution >= 4 is 0 Å². The van der Waals surface area contributed by atoms with Gasteiger partial charge in [-0.1, -0.05) is 0 Å². The average Bonchev–Trinajstić information content (AvgIpc) is 2.87. The van der Waals surface area contributed by atoms with Gasteiger partial charge in [0, 0.05) is 0 Å². The molecule has 0 bridgehead atoms. The summed E-state index contributed by atoms with van der Waals surface area (Å²) < 4.78 is 23.3. The van der Waals surface area contributed by atoms with Gasteiger partial charge in [-0.3, -0.25) is 0 Å². The summed E-state index contributed by atoms with van der Waals surface area (Å²) in [6.07, 6.45) is 3.17. The van der Waals surface area contributed by atoms with Gasteiger partial charge in [-0.15, -0.1) is 0 Å². The molecule has 0 aromatic carbocycles. The van der Waals surface area contributed by atoms with Crippen LogP contribution in [-0.2, 0) is 9.47 Å². The van der Waals surface area contributed by atoms with Gasteiger partial charge in [0.05, 0.1) is 19.3 Å². The van der Waals surface area contributed by atoms with Crippen LogP contribution in [-0.4, -0.2) is 31.6 Å². The maximum absolute atomic E-state index is 12.7. The molecular formula is C9H15FO2. The van der Waals surface area contributed by atoms with E-state index < -0.39 is 6.17 Å². The van der Waals surface area contributed by atoms with Crippen molar-refractivity contribution in [2.75, 3.05) is 13.2 Å². The Bertz CT molecular complexity index is 139. The van der Waals surface area contributed by atoms with Gasteiger partial charge in [0.15, 0.2) is 0 Å². The van der Waals surface area contributed by atoms with Gasteiger partial charge in [-0.05, 0) is 25.7 Å². The Morgan fingerprint density at radius 1 is 1.25 bits per heavy atom. The van der Waals surface area contributed by atoms with E-state index in [1.165, 1.54) is 0 Å². The molecule has 2 aliphatic rings. The van der Waals surface area contributed by atoms with Gasteiger partial charge in [0.1, 0.15) is 12.3 Å². The summed E-state index contributed by atoms with van der Waals surface area (Å²) >= 11 is 0. The molecule has 2 fully saturated rings. The summed E-state index contributed by atoms with van der Waals surface area (Å²) in [4.78, 5) is 0. The van der Waals surface area contributed by atoms with Crippen molar-refractivity contribution in [2.24, 2.45) is 0 Å². The van der Waals surface area contributed by atoms with Crippen LogP contribution in [0.3, 0.4) is 0 Å². The van der Waals surface area contributed by atoms with Crippen LogP contribution in [0.4, 0.5) is 4.39 Å². The lowest BCUT2D eigenvalue weighted by molar-refractivity contribution is 0.00605. The van der Waals surface area contributed by atoms with Crippen LogP contribution >= 0.6 is 0 Å². The molecule has 3 heteroatoms. The minimum atomic E-state index is -0.581. The molecule has 12 heavy (non-hydrogen) atoms. The van der Waals surface area contributed by atoms with Crippen molar-refractivity contribution in [3.63, 3.8) is 0 Å². The van der Waals surface area contributed by atoms with Crippen LogP contribution in [0.15, 0.2) is 0 Å². The van der Waals surface area contributed by atoms with E-state index in [0.29, 0.717) is 31.7 Å². The van der Waals surface area contributed by atoms with Crippen LogP contribution in [0.5, 0.6) is 0 Å². The van der Waals surface area contributed by atoms with E-state index in [2.05, 4.69) is 0 Å². The van der Waals surface area contributed by atoms with Crippen LogP contribution in [0.2, 0.25) is 0 Å². The molecular weight excluding hydrogens is 159 g/mol. The standard InChI is InChI=1S/C9H15FO2/c10-7-1-3-8(4-2-7)11-5-9-6-12-9/h7-9H,1-6H2/t7?,8?,9-/m1/s1. The highest BCUT2D eigenvalue weighted by Gasteiger charge is 2.26. The fraction of sp³-hybridized carbons (Fsp3) is 1.00. The Hall–Kier alpha value is -0.150. The molecule has 0 aromatic heterocycles. The zero-order chi connectivity index (χ0) is 8.39. The number of ether oxygens (including phenoxy) is 2. The lowest BCUT2D eigenvalue weighted by Crippen LogP contribution is -2.23. The van der Waals surface area contributed by atoms with Gasteiger partial charge in [-0.2, -0.15) is 0 Å². The van der Waals surface area contributed by atoms with Crippen molar-refractivity contribution in [3.05, 3.63) is 0 Å². The SMILES string of the molecule is FC1CCC(OC[C@@H]2CO2)CC1. The first-order valence-electron chi connectivity index (χ1n) is 4.72. The number of rotatable bonds is 3. The van der Waals surface area contributed by atoms with Gasteiger partial charge in [0.2, 0.25) is 0 Å². The molecule has 2 rings (SSSR count). The van der Waals surface area contributed by atoms with Crippen molar-refractivity contribution in [1.82, 2.24) is 0 Å². The topological polar surface area (TPSA) is 21.8 Å². The van der Waals surface area contributed by atoms with Gasteiger partial charge in [-0.25, -0.2) is 4.39 Å². The summed E-state index contributed by atoms with van der Waals surface area (Å²) in [6, 6.07) is 0. The third-order valence-electron chi connectivity index (χ3n) is 2.52. The highest BCUT2D eigenvalue weighted by atomic mass is 19.1. The third-order valence-corrected chi connectivity index (χ3v) is 2.52. The van der Waals surface area contributed by atoms with Gasteiger partial charge >= 0.3 is 0 Å². The summed E-state index contributed by atoms with van der Waals surface area (Å²) in [6.45, 7) is 1.56. The molecule has 0 spiro atoms. The predicted octanol–water partition coefficient (Wildman–Crippen LogP) is 1.68. The van der Waals surface area contributed by atoms with E-state index in [4.69, 9.17) is 9.47 Å². The predicted molar refractivity (Wildman–Crippen MR) is 42.8 cm³/mol. The van der Waals surface area contributed by atoms with E-state index in [1.807, 2.05) is 0 Å². The molecule has 0 amide bonds. The molecule has 70 valence electrons. The quantitative estimate of drug-likeness (QED) is 0.607. The van der Waals surface area contributed by atoms with Crippen molar-refractivity contribution in [2.45, 2.75) is 44.1 Å². The normalized spacial score (nSPS) is 41.2. The fourth-order valence-corrected chi connectivity index (χ4v) is 1.60. The zero-order valence-electron chi connectivity index (χ0n) is 7.17. The van der Waals surface area contributed by atoms with Crippen molar-refractivity contribution < 1.29 is 13.9 Å². The second-order valence-electron chi connectivity index (χ2n) is 3.66. The zero-order valence-corrected chi connectivity index (χ0v) is 7.17. The monoisotopic (exact) mass is 174 g/mol. The second-order valence-corrected chi connectivity index (χ2v) is 3.66. The molecule has 1 saturated carbocycles. The van der Waals surface area contributed by atoms with E-state index in [9.17, 15) is 4.39 Å². The maximum Gasteiger partial charge on any atom is 0.104 e. The molecule has 1 atom stereocenters. The fourth-order valence-electron chi connectivity index (χ4n) is 1.60. The Morgan fingerprint density at radius 3 is 2.50 bits per heavy atom. The third kappa shape index (κ3) is 2.42. The Morgan fingerprint density at radius 2 is 1.92 bits per heavy atom. The van der Waals surface area contributed by atoms with E-state index in [-0.39, 0.29) is 0 Å². The molecule has 0 aromatic rings. The minimum Gasteiger partial charge on any atom is -0.375 e. The first-order valence-corrected chi connectivity index (χ1v) is 4.72. The number of hydrogen-bond donors (Lipinski definition) is 0. The van der Waals surface area contributed by atoms with Crippen LogP contribution in [0.25, 0.3) is 0 Å². The Labute approximate surface area is 72.0 Å². The van der Waals surface area contributed by atoms with E-state index >= 15 is 0 Å². The largest absolute Gasteiger partial charge is 0.375 e. The highest BCUT2D eigenvalue weighted by molar-refractivity contribution is 4.74. The number of hydrogen-bond acceptors (Lipinski definition) is 2. The molecule has 1 aliphatic heterocycles. The lowest BCUT2D eigenvalue weighted by Gasteiger charge is -2.23. The van der Waals surface area contributed by atoms with Crippen LogP contribution in [0, 0.1) is 0 Å². The molecule has 0 N–H and O–H groups in total. The average molecular weight is 174 g/mol. The first-order chi connectivity index (χ1) is 5.84. The summed E-state index contributed by atoms with van der Waals surface area (Å²) in [7, 11) is 0. The molecule has 1 aliphatic carbocycles. The van der Waals surface area contributed by atoms with Gasteiger partial charge in [0.25, 0.3) is 0 Å². The minimum absolute atomic E-state index is 0.293. The molecule has 1 heterocycles. The number of alkyl halides is 1. The number of halogens is 1. The Balaban J connectivity index is 1.60. The van der Waals surface area contributed by atoms with Crippen LogP contribution < -0.4 is 0 Å². The molecule has 0 radical (unpaired) electrons. The molecule has 0 unspecified atom stereocenters. The smallest absolute Gasteiger partial charge is 0.104 e. The van der Waals surface area contributed by atoms with Crippen molar-refractivity contribution in [1.29, 1.82) is 0 Å². The molecule has 1 saturated heterocycles. The van der Waals surface area contributed by atoms with E-state index in [1.54, 1.807) is 0 Å². The van der Waals surface area contributed by atoms with E-state index in [0.717, 1.165) is 19.4 Å². The highest BCUT2D eigenvalue weighted by Crippen LogP contribution is 2.24.